The van der Waals surface area contributed by atoms with E-state index in [-0.39, 0.29) is 18.3 Å². The molecule has 0 bridgehead atoms. The monoisotopic (exact) mass is 326 g/mol. The summed E-state index contributed by atoms with van der Waals surface area (Å²) in [6.07, 6.45) is 4.80. The summed E-state index contributed by atoms with van der Waals surface area (Å²) in [5, 5.41) is 6.68. The number of aryl methyl sites for hydroxylation is 1. The number of benzene rings is 1. The number of hydrogen-bond donors (Lipinski definition) is 2. The Labute approximate surface area is 135 Å². The smallest absolute Gasteiger partial charge is 0.241 e. The van der Waals surface area contributed by atoms with Gasteiger partial charge in [-0.1, -0.05) is 13.3 Å². The van der Waals surface area contributed by atoms with Crippen molar-refractivity contribution in [3.63, 3.8) is 0 Å². The molecule has 1 atom stereocenters. The van der Waals surface area contributed by atoms with Gasteiger partial charge in [-0.2, -0.15) is 5.10 Å². The quantitative estimate of drug-likeness (QED) is 0.887. The Morgan fingerprint density at radius 3 is 2.77 bits per heavy atom. The molecule has 22 heavy (non-hydrogen) atoms. The molecule has 7 heteroatoms. The first kappa shape index (κ1) is 18.1. The second-order valence-corrected chi connectivity index (χ2v) is 5.01. The Balaban J connectivity index is 0.00000242. The Morgan fingerprint density at radius 1 is 1.50 bits per heavy atom. The number of anilines is 1. The number of nitrogens with two attached hydrogens (primary N) is 1. The highest BCUT2D eigenvalue weighted by atomic mass is 35.5. The van der Waals surface area contributed by atoms with Gasteiger partial charge in [0.05, 0.1) is 12.2 Å². The van der Waals surface area contributed by atoms with Crippen LogP contribution in [0, 0.1) is 12.7 Å². The van der Waals surface area contributed by atoms with Gasteiger partial charge in [-0.05, 0) is 37.1 Å². The lowest BCUT2D eigenvalue weighted by atomic mass is 10.1. The van der Waals surface area contributed by atoms with Crippen LogP contribution in [0.5, 0.6) is 0 Å². The first-order chi connectivity index (χ1) is 10.0. The summed E-state index contributed by atoms with van der Waals surface area (Å²) in [4.78, 5) is 11.8. The third kappa shape index (κ3) is 4.29. The van der Waals surface area contributed by atoms with E-state index in [0.717, 1.165) is 12.0 Å². The van der Waals surface area contributed by atoms with E-state index in [2.05, 4.69) is 10.4 Å². The average molecular weight is 327 g/mol. The van der Waals surface area contributed by atoms with E-state index in [9.17, 15) is 9.18 Å². The molecule has 1 unspecified atom stereocenters. The lowest BCUT2D eigenvalue weighted by molar-refractivity contribution is -0.117. The molecule has 5 nitrogen and oxygen atoms in total. The molecule has 1 heterocycles. The maximum atomic E-state index is 14.1. The molecule has 1 aromatic heterocycles. The summed E-state index contributed by atoms with van der Waals surface area (Å²) in [6, 6.07) is 3.89. The van der Waals surface area contributed by atoms with Crippen molar-refractivity contribution in [3.05, 3.63) is 42.0 Å². The number of carbonyl (C=O) groups excluding carboxylic acids is 1. The summed E-state index contributed by atoms with van der Waals surface area (Å²) in [5.41, 5.74) is 7.38. The van der Waals surface area contributed by atoms with Crippen LogP contribution in [0.15, 0.2) is 30.6 Å². The molecule has 1 aromatic carbocycles. The van der Waals surface area contributed by atoms with Crippen LogP contribution >= 0.6 is 12.4 Å². The summed E-state index contributed by atoms with van der Waals surface area (Å²) in [6.45, 7) is 3.83. The molecule has 3 N–H and O–H groups in total. The third-order valence-electron chi connectivity index (χ3n) is 3.11. The average Bonchev–Trinajstić information content (AvgIpc) is 2.85. The fraction of sp³-hybridized carbons (Fsp3) is 0.333. The van der Waals surface area contributed by atoms with Gasteiger partial charge in [0.1, 0.15) is 5.69 Å². The summed E-state index contributed by atoms with van der Waals surface area (Å²) < 4.78 is 15.6. The predicted octanol–water partition coefficient (Wildman–Crippen LogP) is 2.81. The zero-order valence-corrected chi connectivity index (χ0v) is 13.4. The maximum absolute atomic E-state index is 14.1. The van der Waals surface area contributed by atoms with E-state index in [1.54, 1.807) is 24.5 Å². The molecule has 0 saturated heterocycles. The molecule has 0 aliphatic rings. The molecule has 2 rings (SSSR count). The molecule has 0 spiro atoms. The SMILES string of the molecule is CCCC(N)C(=O)Nc1ccc(-n2cc(C)cn2)c(F)c1.Cl. The number of nitrogens with zero attached hydrogens (tertiary/aromatic N) is 2. The Hall–Kier alpha value is -1.92. The van der Waals surface area contributed by atoms with Crippen molar-refractivity contribution >= 4 is 24.0 Å². The molecule has 0 fully saturated rings. The standard InChI is InChI=1S/C15H19FN4O.ClH/c1-3-4-13(17)15(21)19-11-5-6-14(12(16)7-11)20-9-10(2)8-18-20;/h5-9,13H,3-4,17H2,1-2H3,(H,19,21);1H. The van der Waals surface area contributed by atoms with Gasteiger partial charge in [-0.25, -0.2) is 9.07 Å². The Kier molecular flexibility index (Phi) is 6.52. The number of nitrogens with one attached hydrogen (secondary N) is 1. The largest absolute Gasteiger partial charge is 0.325 e. The van der Waals surface area contributed by atoms with Crippen LogP contribution in [-0.2, 0) is 4.79 Å². The van der Waals surface area contributed by atoms with Gasteiger partial charge in [-0.3, -0.25) is 4.79 Å². The number of hydrogen-bond acceptors (Lipinski definition) is 3. The second kappa shape index (κ2) is 7.91. The van der Waals surface area contributed by atoms with E-state index in [1.165, 1.54) is 10.7 Å². The summed E-state index contributed by atoms with van der Waals surface area (Å²) >= 11 is 0. The highest BCUT2D eigenvalue weighted by Gasteiger charge is 2.13. The maximum Gasteiger partial charge on any atom is 0.241 e. The normalized spacial score (nSPS) is 11.6. The van der Waals surface area contributed by atoms with Crippen LogP contribution in [0.3, 0.4) is 0 Å². The van der Waals surface area contributed by atoms with E-state index < -0.39 is 11.9 Å². The molecular weight excluding hydrogens is 307 g/mol. The highest BCUT2D eigenvalue weighted by Crippen LogP contribution is 2.18. The van der Waals surface area contributed by atoms with Crippen molar-refractivity contribution in [1.82, 2.24) is 9.78 Å². The first-order valence-corrected chi connectivity index (χ1v) is 6.89. The number of carbonyl (C=O) groups is 1. The van der Waals surface area contributed by atoms with Crippen LogP contribution in [0.25, 0.3) is 5.69 Å². The fourth-order valence-electron chi connectivity index (χ4n) is 1.99. The van der Waals surface area contributed by atoms with E-state index in [0.29, 0.717) is 17.8 Å². The molecule has 2 aromatic rings. The molecule has 0 saturated carbocycles. The summed E-state index contributed by atoms with van der Waals surface area (Å²) in [5.74, 6) is -0.765. The van der Waals surface area contributed by atoms with Crippen LogP contribution in [0.2, 0.25) is 0 Å². The molecule has 1 amide bonds. The van der Waals surface area contributed by atoms with Crippen molar-refractivity contribution in [2.24, 2.45) is 5.73 Å². The van der Waals surface area contributed by atoms with E-state index >= 15 is 0 Å². The van der Waals surface area contributed by atoms with Gasteiger partial charge in [0.25, 0.3) is 0 Å². The molecule has 0 radical (unpaired) electrons. The van der Waals surface area contributed by atoms with Crippen LogP contribution < -0.4 is 11.1 Å². The minimum absolute atomic E-state index is 0. The van der Waals surface area contributed by atoms with Crippen molar-refractivity contribution in [1.29, 1.82) is 0 Å². The van der Waals surface area contributed by atoms with E-state index in [4.69, 9.17) is 5.73 Å². The van der Waals surface area contributed by atoms with Crippen molar-refractivity contribution in [2.75, 3.05) is 5.32 Å². The molecule has 120 valence electrons. The molecular formula is C15H20ClFN4O. The minimum Gasteiger partial charge on any atom is -0.325 e. The van der Waals surface area contributed by atoms with Gasteiger partial charge >= 0.3 is 0 Å². The number of aromatic nitrogens is 2. The minimum atomic E-state index is -0.577. The molecule has 0 aliphatic carbocycles. The van der Waals surface area contributed by atoms with Crippen molar-refractivity contribution < 1.29 is 9.18 Å². The lowest BCUT2D eigenvalue weighted by Crippen LogP contribution is -2.35. The van der Waals surface area contributed by atoms with Gasteiger partial charge in [0.2, 0.25) is 5.91 Å². The van der Waals surface area contributed by atoms with E-state index in [1.807, 2.05) is 13.8 Å². The zero-order valence-electron chi connectivity index (χ0n) is 12.5. The molecule has 0 aliphatic heterocycles. The summed E-state index contributed by atoms with van der Waals surface area (Å²) in [7, 11) is 0. The zero-order chi connectivity index (χ0) is 15.4. The second-order valence-electron chi connectivity index (χ2n) is 5.01. The number of halogens is 2. The van der Waals surface area contributed by atoms with Crippen LogP contribution in [-0.4, -0.2) is 21.7 Å². The topological polar surface area (TPSA) is 72.9 Å². The lowest BCUT2D eigenvalue weighted by Gasteiger charge is -2.12. The number of rotatable bonds is 5. The van der Waals surface area contributed by atoms with Crippen LogP contribution in [0.4, 0.5) is 10.1 Å². The van der Waals surface area contributed by atoms with Gasteiger partial charge in [0.15, 0.2) is 5.82 Å². The van der Waals surface area contributed by atoms with Gasteiger partial charge < -0.3 is 11.1 Å². The van der Waals surface area contributed by atoms with Crippen molar-refractivity contribution in [3.8, 4) is 5.69 Å². The predicted molar refractivity (Wildman–Crippen MR) is 87.0 cm³/mol. The Morgan fingerprint density at radius 2 is 2.23 bits per heavy atom. The van der Waals surface area contributed by atoms with Crippen LogP contribution in [0.1, 0.15) is 25.3 Å². The Bertz CT molecular complexity index is 644. The van der Waals surface area contributed by atoms with Gasteiger partial charge in [0, 0.05) is 11.9 Å². The first-order valence-electron chi connectivity index (χ1n) is 6.89. The van der Waals surface area contributed by atoms with Gasteiger partial charge in [-0.15, -0.1) is 12.4 Å². The third-order valence-corrected chi connectivity index (χ3v) is 3.11. The highest BCUT2D eigenvalue weighted by molar-refractivity contribution is 5.94. The number of amides is 1. The fourth-order valence-corrected chi connectivity index (χ4v) is 1.99. The van der Waals surface area contributed by atoms with Crippen molar-refractivity contribution in [2.45, 2.75) is 32.7 Å².